The summed E-state index contributed by atoms with van der Waals surface area (Å²) in [5.41, 5.74) is 2.29. The van der Waals surface area contributed by atoms with Crippen molar-refractivity contribution in [3.63, 3.8) is 0 Å². The number of likely N-dealkylation sites (N-methyl/N-ethyl adjacent to an activating group) is 1. The minimum Gasteiger partial charge on any atom is -0.395 e. The fraction of sp³-hybridized carbons (Fsp3) is 0.417. The van der Waals surface area contributed by atoms with E-state index < -0.39 is 0 Å². The van der Waals surface area contributed by atoms with Crippen molar-refractivity contribution in [2.75, 3.05) is 19.7 Å². The molecule has 2 aromatic heterocycles. The molecule has 0 aliphatic carbocycles. The molecule has 0 saturated carbocycles. The highest BCUT2D eigenvalue weighted by molar-refractivity contribution is 7.14. The first-order valence-electron chi connectivity index (χ1n) is 5.63. The maximum absolute atomic E-state index is 8.94. The predicted octanol–water partition coefficient (Wildman–Crippen LogP) is 2.69. The average molecular weight is 268 g/mol. The van der Waals surface area contributed by atoms with Gasteiger partial charge < -0.3 is 5.11 Å². The molecule has 2 rings (SSSR count). The van der Waals surface area contributed by atoms with Crippen LogP contribution in [-0.2, 0) is 6.54 Å². The van der Waals surface area contributed by atoms with Crippen molar-refractivity contribution in [2.24, 2.45) is 0 Å². The van der Waals surface area contributed by atoms with Crippen LogP contribution in [0.2, 0.25) is 0 Å². The Labute approximate surface area is 109 Å². The average Bonchev–Trinajstić information content (AvgIpc) is 2.98. The summed E-state index contributed by atoms with van der Waals surface area (Å²) in [6, 6.07) is 2.10. The van der Waals surface area contributed by atoms with Crippen LogP contribution in [0, 0.1) is 0 Å². The number of aromatic nitrogens is 1. The minimum absolute atomic E-state index is 0.204. The van der Waals surface area contributed by atoms with Crippen molar-refractivity contribution in [3.8, 4) is 10.6 Å². The van der Waals surface area contributed by atoms with E-state index in [-0.39, 0.29) is 6.61 Å². The van der Waals surface area contributed by atoms with Crippen LogP contribution in [0.15, 0.2) is 22.2 Å². The summed E-state index contributed by atoms with van der Waals surface area (Å²) in [6.07, 6.45) is 0. The number of hydrogen-bond donors (Lipinski definition) is 1. The van der Waals surface area contributed by atoms with Gasteiger partial charge in [-0.1, -0.05) is 6.92 Å². The molecular weight excluding hydrogens is 252 g/mol. The highest BCUT2D eigenvalue weighted by atomic mass is 32.1. The van der Waals surface area contributed by atoms with Crippen LogP contribution in [0.25, 0.3) is 10.6 Å². The van der Waals surface area contributed by atoms with Gasteiger partial charge in [0.05, 0.1) is 12.3 Å². The standard InChI is InChI=1S/C12H16N2OS2/c1-2-14(4-5-15)7-11-9-17-12(13-11)10-3-6-16-8-10/h3,6,8-9,15H,2,4-5,7H2,1H3. The predicted molar refractivity (Wildman–Crippen MR) is 73.5 cm³/mol. The lowest BCUT2D eigenvalue weighted by Gasteiger charge is -2.17. The van der Waals surface area contributed by atoms with E-state index in [0.717, 1.165) is 23.8 Å². The summed E-state index contributed by atoms with van der Waals surface area (Å²) in [7, 11) is 0. The molecule has 0 saturated heterocycles. The molecule has 1 N–H and O–H groups in total. The zero-order valence-electron chi connectivity index (χ0n) is 9.80. The van der Waals surface area contributed by atoms with E-state index in [2.05, 4.69) is 39.0 Å². The van der Waals surface area contributed by atoms with Gasteiger partial charge in [-0.15, -0.1) is 11.3 Å². The molecule has 17 heavy (non-hydrogen) atoms. The summed E-state index contributed by atoms with van der Waals surface area (Å²) < 4.78 is 0. The van der Waals surface area contributed by atoms with Gasteiger partial charge in [-0.25, -0.2) is 4.98 Å². The fourth-order valence-electron chi connectivity index (χ4n) is 1.62. The second kappa shape index (κ2) is 6.26. The van der Waals surface area contributed by atoms with Crippen molar-refractivity contribution in [2.45, 2.75) is 13.5 Å². The number of aliphatic hydroxyl groups excluding tert-OH is 1. The summed E-state index contributed by atoms with van der Waals surface area (Å²) in [5, 5.41) is 16.3. The van der Waals surface area contributed by atoms with Gasteiger partial charge in [0, 0.05) is 29.4 Å². The Morgan fingerprint density at radius 3 is 2.94 bits per heavy atom. The third kappa shape index (κ3) is 3.35. The second-order valence-corrected chi connectivity index (χ2v) is 5.39. The Bertz CT molecular complexity index is 439. The Balaban J connectivity index is 2.03. The molecule has 5 heteroatoms. The molecule has 3 nitrogen and oxygen atoms in total. The third-order valence-electron chi connectivity index (χ3n) is 2.57. The van der Waals surface area contributed by atoms with Gasteiger partial charge in [0.2, 0.25) is 0 Å². The molecule has 0 unspecified atom stereocenters. The largest absolute Gasteiger partial charge is 0.395 e. The van der Waals surface area contributed by atoms with Crippen LogP contribution in [-0.4, -0.2) is 34.7 Å². The lowest BCUT2D eigenvalue weighted by Crippen LogP contribution is -2.26. The minimum atomic E-state index is 0.204. The highest BCUT2D eigenvalue weighted by Crippen LogP contribution is 2.26. The van der Waals surface area contributed by atoms with Crippen LogP contribution in [0.3, 0.4) is 0 Å². The first-order chi connectivity index (χ1) is 8.33. The summed E-state index contributed by atoms with van der Waals surface area (Å²) >= 11 is 3.38. The number of aliphatic hydroxyl groups is 1. The van der Waals surface area contributed by atoms with E-state index in [0.29, 0.717) is 6.54 Å². The molecule has 0 aliphatic rings. The van der Waals surface area contributed by atoms with Crippen molar-refractivity contribution in [1.82, 2.24) is 9.88 Å². The molecule has 92 valence electrons. The Hall–Kier alpha value is -0.750. The molecule has 0 spiro atoms. The van der Waals surface area contributed by atoms with Crippen molar-refractivity contribution in [1.29, 1.82) is 0 Å². The molecule has 0 bridgehead atoms. The second-order valence-electron chi connectivity index (χ2n) is 3.75. The Morgan fingerprint density at radius 2 is 2.29 bits per heavy atom. The number of hydrogen-bond acceptors (Lipinski definition) is 5. The van der Waals surface area contributed by atoms with Gasteiger partial charge in [0.15, 0.2) is 0 Å². The smallest absolute Gasteiger partial charge is 0.124 e. The zero-order valence-corrected chi connectivity index (χ0v) is 11.4. The number of nitrogens with zero attached hydrogens (tertiary/aromatic N) is 2. The molecule has 2 aromatic rings. The lowest BCUT2D eigenvalue weighted by atomic mass is 10.3. The van der Waals surface area contributed by atoms with E-state index in [1.54, 1.807) is 22.7 Å². The number of thiazole rings is 1. The monoisotopic (exact) mass is 268 g/mol. The van der Waals surface area contributed by atoms with Gasteiger partial charge >= 0.3 is 0 Å². The quantitative estimate of drug-likeness (QED) is 0.875. The third-order valence-corrected chi connectivity index (χ3v) is 4.19. The highest BCUT2D eigenvalue weighted by Gasteiger charge is 2.08. The van der Waals surface area contributed by atoms with Crippen molar-refractivity contribution < 1.29 is 5.11 Å². The van der Waals surface area contributed by atoms with Gasteiger partial charge in [-0.05, 0) is 18.0 Å². The number of thiophene rings is 1. The summed E-state index contributed by atoms with van der Waals surface area (Å²) in [6.45, 7) is 4.77. The first-order valence-corrected chi connectivity index (χ1v) is 7.46. The maximum atomic E-state index is 8.94. The molecule has 0 fully saturated rings. The van der Waals surface area contributed by atoms with Crippen molar-refractivity contribution >= 4 is 22.7 Å². The van der Waals surface area contributed by atoms with Crippen molar-refractivity contribution in [3.05, 3.63) is 27.9 Å². The van der Waals surface area contributed by atoms with Gasteiger partial charge in [0.1, 0.15) is 5.01 Å². The molecule has 2 heterocycles. The van der Waals surface area contributed by atoms with Gasteiger partial charge in [-0.2, -0.15) is 11.3 Å². The Morgan fingerprint density at radius 1 is 1.41 bits per heavy atom. The van der Waals surface area contributed by atoms with Crippen LogP contribution in [0.1, 0.15) is 12.6 Å². The Kier molecular flexibility index (Phi) is 4.67. The summed E-state index contributed by atoms with van der Waals surface area (Å²) in [4.78, 5) is 6.81. The topological polar surface area (TPSA) is 36.4 Å². The van der Waals surface area contributed by atoms with E-state index in [9.17, 15) is 0 Å². The lowest BCUT2D eigenvalue weighted by molar-refractivity contribution is 0.195. The zero-order chi connectivity index (χ0) is 12.1. The van der Waals surface area contributed by atoms with E-state index in [1.165, 1.54) is 5.56 Å². The van der Waals surface area contributed by atoms with Crippen LogP contribution in [0.4, 0.5) is 0 Å². The first kappa shape index (κ1) is 12.7. The summed E-state index contributed by atoms with van der Waals surface area (Å²) in [5.74, 6) is 0. The van der Waals surface area contributed by atoms with E-state index >= 15 is 0 Å². The molecule has 0 amide bonds. The molecule has 0 aliphatic heterocycles. The van der Waals surface area contributed by atoms with Crippen LogP contribution >= 0.6 is 22.7 Å². The SMILES string of the molecule is CCN(CCO)Cc1csc(-c2ccsc2)n1. The fourth-order valence-corrected chi connectivity index (χ4v) is 3.14. The van der Waals surface area contributed by atoms with Crippen LogP contribution in [0.5, 0.6) is 0 Å². The van der Waals surface area contributed by atoms with Gasteiger partial charge in [-0.3, -0.25) is 4.90 Å². The number of rotatable bonds is 6. The molecule has 0 aromatic carbocycles. The normalized spacial score (nSPS) is 11.2. The van der Waals surface area contributed by atoms with E-state index in [4.69, 9.17) is 5.11 Å². The van der Waals surface area contributed by atoms with Gasteiger partial charge in [0.25, 0.3) is 0 Å². The molecule has 0 radical (unpaired) electrons. The van der Waals surface area contributed by atoms with E-state index in [1.807, 2.05) is 0 Å². The van der Waals surface area contributed by atoms with Crippen LogP contribution < -0.4 is 0 Å². The maximum Gasteiger partial charge on any atom is 0.124 e. The molecular formula is C12H16N2OS2. The molecule has 0 atom stereocenters.